The van der Waals surface area contributed by atoms with E-state index in [1.54, 1.807) is 11.8 Å². The molecule has 0 aliphatic rings. The highest BCUT2D eigenvalue weighted by molar-refractivity contribution is 8.19. The minimum atomic E-state index is -1.50. The molecule has 91 heavy (non-hydrogen) atoms. The molecule has 568 valence electrons. The number of hydrogen-bond donors (Lipinski definition) is 13. The molecule has 0 radical (unpaired) electrons. The quantitative estimate of drug-likeness (QED) is 0.0117. The van der Waals surface area contributed by atoms with Crippen molar-refractivity contribution in [2.45, 2.75) is 221 Å². The monoisotopic (exact) mass is 1650 g/mol. The molecule has 0 fully saturated rings. The first-order chi connectivity index (χ1) is 40.3. The van der Waals surface area contributed by atoms with Crippen LogP contribution in [-0.4, -0.2) is 229 Å². The fourth-order valence-corrected chi connectivity index (χ4v) is 17.0. The van der Waals surface area contributed by atoms with Crippen LogP contribution in [0.15, 0.2) is 0 Å². The van der Waals surface area contributed by atoms with Crippen LogP contribution < -0.4 is 0 Å². The third-order valence-electron chi connectivity index (χ3n) is 8.76. The van der Waals surface area contributed by atoms with E-state index in [1.807, 2.05) is 60.9 Å². The lowest BCUT2D eigenvalue weighted by atomic mass is 10.4. The molecular weight excluding hydrogens is 1510 g/mol. The molecule has 0 bridgehead atoms. The third-order valence-corrected chi connectivity index (χ3v) is 24.4. The molecule has 0 unspecified atom stereocenters. The topological polar surface area (TPSA) is 275 Å². The standard InChI is InChI=1S/2C18H38OS6.C7H16OS2.C4H10OS2.C4H10S2.2C3H8O2.C3H6O.4H2O/c2*1-17(2,22-13-7-5-11-20)24-15-9-19-10-16-25-18(3,4)23-14-8-6-12-21;1-7(2,8)10-6-4-3-5-9;6-3-1-5-2-4-7;5-3-1-2-4-6;2*1-3(2,4)5;1-3(2)4;;;;/h2*20-21H,5-16H2,1-4H3;8-9H,3-6H2,1-2H3;6-7H,1-4H2;5-6H,1-4H2;2*4-5H,1-2H3;1-2H3;4*1H2/p+3. The van der Waals surface area contributed by atoms with Crippen molar-refractivity contribution >= 4 is 225 Å². The second kappa shape index (κ2) is 87.9. The molecular formula is C60H145O13S18+3. The van der Waals surface area contributed by atoms with Crippen molar-refractivity contribution in [3.8, 4) is 0 Å². The van der Waals surface area contributed by atoms with Crippen molar-refractivity contribution in [2.75, 3.05) is 143 Å². The smallest absolute Gasteiger partial charge is 0.420 e. The van der Waals surface area contributed by atoms with Crippen molar-refractivity contribution in [2.24, 2.45) is 0 Å². The highest BCUT2D eigenvalue weighted by Crippen LogP contribution is 2.39. The van der Waals surface area contributed by atoms with Gasteiger partial charge in [0.1, 0.15) is 10.7 Å². The van der Waals surface area contributed by atoms with E-state index in [0.717, 1.165) is 133 Å². The molecule has 0 saturated heterocycles. The van der Waals surface area contributed by atoms with E-state index in [2.05, 4.69) is 216 Å². The normalized spacial score (nSPS) is 11.2. The fourth-order valence-electron chi connectivity index (χ4n) is 4.87. The van der Waals surface area contributed by atoms with Gasteiger partial charge in [-0.3, -0.25) is 0 Å². The Morgan fingerprint density at radius 1 is 0.319 bits per heavy atom. The number of hydrogen-bond acceptors (Lipinski definition) is 26. The number of ether oxygens (including phenoxy) is 3. The zero-order valence-corrected chi connectivity index (χ0v) is 74.5. The molecule has 0 saturated carbocycles. The first-order valence-electron chi connectivity index (χ1n) is 30.4. The Hall–Kier alpha value is 5.49. The highest BCUT2D eigenvalue weighted by atomic mass is 32.2. The molecule has 0 heterocycles. The second-order valence-corrected chi connectivity index (χ2v) is 42.7. The van der Waals surface area contributed by atoms with Crippen LogP contribution in [-0.2, 0) is 19.0 Å². The van der Waals surface area contributed by atoms with Crippen LogP contribution in [0.4, 0.5) is 0 Å². The summed E-state index contributed by atoms with van der Waals surface area (Å²) < 4.78 is 17.8. The summed E-state index contributed by atoms with van der Waals surface area (Å²) in [5.74, 6) is 16.3. The maximum Gasteiger partial charge on any atom is 1.00 e. The van der Waals surface area contributed by atoms with Crippen LogP contribution in [0.3, 0.4) is 0 Å². The van der Waals surface area contributed by atoms with Gasteiger partial charge in [0.25, 0.3) is 5.79 Å². The summed E-state index contributed by atoms with van der Waals surface area (Å²) >= 11 is 55.0. The average molecular weight is 1650 g/mol. The highest BCUT2D eigenvalue weighted by Gasteiger charge is 2.21. The first kappa shape index (κ1) is 123. The van der Waals surface area contributed by atoms with Gasteiger partial charge in [0.2, 0.25) is 0 Å². The second-order valence-electron chi connectivity index (χ2n) is 22.2. The van der Waals surface area contributed by atoms with Gasteiger partial charge in [-0.05, 0) is 243 Å². The van der Waals surface area contributed by atoms with Gasteiger partial charge in [-0.15, -0.1) is 106 Å². The first-order valence-corrected chi connectivity index (χ1v) is 44.9. The van der Waals surface area contributed by atoms with Crippen LogP contribution in [0.5, 0.6) is 0 Å². The average Bonchev–Trinajstić information content (AvgIpc) is 2.48. The van der Waals surface area contributed by atoms with Crippen LogP contribution in [0.25, 0.3) is 0 Å². The Bertz CT molecular complexity index is 1190. The van der Waals surface area contributed by atoms with E-state index < -0.39 is 16.5 Å². The van der Waals surface area contributed by atoms with Gasteiger partial charge in [-0.25, -0.2) is 0 Å². The minimum Gasteiger partial charge on any atom is -0.420 e. The molecule has 31 heteroatoms. The maximum atomic E-state index is 9.44. The van der Waals surface area contributed by atoms with Crippen molar-refractivity contribution in [3.05, 3.63) is 0 Å². The zero-order valence-electron chi connectivity index (χ0n) is 61.1. The van der Waals surface area contributed by atoms with Gasteiger partial charge < -0.3 is 66.4 Å². The van der Waals surface area contributed by atoms with Crippen molar-refractivity contribution in [3.63, 3.8) is 0 Å². The number of thioether (sulfide) groups is 9. The Labute approximate surface area is 651 Å². The van der Waals surface area contributed by atoms with E-state index in [4.69, 9.17) is 34.6 Å². The number of Topliss-reactive ketones (excluding diaryl/α,β-unsaturated/α-hetero) is 1. The Morgan fingerprint density at radius 3 is 0.615 bits per heavy atom. The predicted molar refractivity (Wildman–Crippen MR) is 469 cm³/mol. The molecule has 0 aliphatic carbocycles. The lowest BCUT2D eigenvalue weighted by Gasteiger charge is -2.24. The van der Waals surface area contributed by atoms with E-state index in [9.17, 15) is 9.90 Å². The largest absolute Gasteiger partial charge is 1.00 e. The molecule has 0 aliphatic heterocycles. The summed E-state index contributed by atoms with van der Waals surface area (Å²) in [6.45, 7) is 35.6. The number of thiol groups is 9. The van der Waals surface area contributed by atoms with E-state index in [0.29, 0.717) is 16.3 Å². The van der Waals surface area contributed by atoms with E-state index >= 15 is 0 Å². The molecule has 13 nitrogen and oxygen atoms in total. The minimum absolute atomic E-state index is 0. The van der Waals surface area contributed by atoms with Crippen molar-refractivity contribution in [1.82, 2.24) is 0 Å². The van der Waals surface area contributed by atoms with Crippen LogP contribution in [0.1, 0.15) is 191 Å². The van der Waals surface area contributed by atoms with Gasteiger partial charge in [0.05, 0.1) is 56.0 Å². The SMILES string of the molecule is CC(C)(O)O.CC(C)(O)SCCCCS.CC(C)(O)[OH2+].CC(C)(SCCCCS)SCCOCCSC(C)(C)SCCCCS.CC(C)(SCCCCS)SCCOCCSC(C)(C)SCCCCS.CC(C)=O.O.O.O.O.SCCCCS.SCCOCCS.[H+].[H+]. The number of carbonyl (C=O) groups is 1. The molecule has 0 atom stereocenters. The summed E-state index contributed by atoms with van der Waals surface area (Å²) in [6.07, 6.45) is 14.7. The molecule has 0 spiro atoms. The number of unbranched alkanes of at least 4 members (excludes halogenated alkanes) is 6. The van der Waals surface area contributed by atoms with Gasteiger partial charge >= 0.3 is 2.85 Å². The van der Waals surface area contributed by atoms with Gasteiger partial charge in [0, 0.05) is 48.4 Å². The maximum absolute atomic E-state index is 9.44. The molecule has 0 aromatic carbocycles. The molecule has 0 aromatic rings. The van der Waals surface area contributed by atoms with Gasteiger partial charge in [-0.2, -0.15) is 114 Å². The van der Waals surface area contributed by atoms with Crippen molar-refractivity contribution in [1.29, 1.82) is 0 Å². The zero-order chi connectivity index (χ0) is 69.0. The molecule has 14 N–H and O–H groups in total. The van der Waals surface area contributed by atoms with Crippen LogP contribution in [0, 0.1) is 0 Å². The third kappa shape index (κ3) is 163. The Morgan fingerprint density at radius 2 is 0.462 bits per heavy atom. The fraction of sp³-hybridized carbons (Fsp3) is 0.983. The van der Waals surface area contributed by atoms with E-state index in [-0.39, 0.29) is 30.5 Å². The Kier molecular flexibility index (Phi) is 119. The van der Waals surface area contributed by atoms with E-state index in [1.165, 1.54) is 129 Å². The van der Waals surface area contributed by atoms with Crippen LogP contribution in [0.2, 0.25) is 0 Å². The molecule has 0 rings (SSSR count). The van der Waals surface area contributed by atoms with Gasteiger partial charge in [-0.1, -0.05) is 0 Å². The number of ketones is 1. The molecule has 0 amide bonds. The number of rotatable bonds is 48. The summed E-state index contributed by atoms with van der Waals surface area (Å²) in [5, 5.41) is 40.1. The summed E-state index contributed by atoms with van der Waals surface area (Å²) in [7, 11) is 0. The summed E-state index contributed by atoms with van der Waals surface area (Å²) in [6, 6.07) is 0. The van der Waals surface area contributed by atoms with Gasteiger partial charge in [0.15, 0.2) is 5.79 Å². The van der Waals surface area contributed by atoms with Crippen molar-refractivity contribution < 1.29 is 69.3 Å². The molecule has 0 aromatic heterocycles. The number of carbonyl (C=O) groups excluding carboxylic acids is 1. The lowest BCUT2D eigenvalue weighted by molar-refractivity contribution is -0.128. The number of aliphatic hydroxyl groups is 4. The lowest BCUT2D eigenvalue weighted by Crippen LogP contribution is -2.15. The predicted octanol–water partition coefficient (Wildman–Crippen LogP) is 15.0. The summed E-state index contributed by atoms with van der Waals surface area (Å²) in [5.41, 5.74) is 0. The summed E-state index contributed by atoms with van der Waals surface area (Å²) in [4.78, 5) is 8.89. The Balaban J connectivity index is -0.0000000702. The van der Waals surface area contributed by atoms with Crippen LogP contribution >= 0.6 is 220 Å².